The van der Waals surface area contributed by atoms with Crippen LogP contribution in [0.1, 0.15) is 65.7 Å². The first-order valence-electron chi connectivity index (χ1n) is 6.42. The van der Waals surface area contributed by atoms with E-state index in [0.717, 1.165) is 38.5 Å². The van der Waals surface area contributed by atoms with Gasteiger partial charge in [-0.2, -0.15) is 0 Å². The molecule has 0 aliphatic heterocycles. The van der Waals surface area contributed by atoms with Crippen molar-refractivity contribution in [2.24, 2.45) is 5.92 Å². The fourth-order valence-electron chi connectivity index (χ4n) is 1.72. The Balaban J connectivity index is 3.70. The van der Waals surface area contributed by atoms with Crippen LogP contribution in [0, 0.1) is 5.92 Å². The highest BCUT2D eigenvalue weighted by Gasteiger charge is 2.17. The summed E-state index contributed by atoms with van der Waals surface area (Å²) < 4.78 is 5.27. The molecule has 0 aliphatic carbocycles. The average molecular weight is 214 g/mol. The Morgan fingerprint density at radius 1 is 1.00 bits per heavy atom. The lowest BCUT2D eigenvalue weighted by Gasteiger charge is -2.14. The quantitative estimate of drug-likeness (QED) is 0.429. The molecule has 2 nitrogen and oxygen atoms in total. The second kappa shape index (κ2) is 10.0. The highest BCUT2D eigenvalue weighted by molar-refractivity contribution is 5.72. The van der Waals surface area contributed by atoms with Gasteiger partial charge in [-0.05, 0) is 19.3 Å². The van der Waals surface area contributed by atoms with Crippen LogP contribution in [0.3, 0.4) is 0 Å². The van der Waals surface area contributed by atoms with Crippen molar-refractivity contribution in [3.05, 3.63) is 0 Å². The van der Waals surface area contributed by atoms with Gasteiger partial charge in [0.2, 0.25) is 0 Å². The third-order valence-corrected chi connectivity index (χ3v) is 2.60. The third-order valence-electron chi connectivity index (χ3n) is 2.60. The van der Waals surface area contributed by atoms with E-state index >= 15 is 0 Å². The maximum atomic E-state index is 11.7. The first kappa shape index (κ1) is 14.5. The highest BCUT2D eigenvalue weighted by Crippen LogP contribution is 2.15. The number of hydrogen-bond acceptors (Lipinski definition) is 2. The minimum Gasteiger partial charge on any atom is -0.465 e. The summed E-state index contributed by atoms with van der Waals surface area (Å²) in [5.41, 5.74) is 0. The molecule has 0 heterocycles. The normalized spacial score (nSPS) is 10.7. The second-order valence-electron chi connectivity index (χ2n) is 4.15. The predicted octanol–water partition coefficient (Wildman–Crippen LogP) is 3.94. The molecule has 0 bridgehead atoms. The van der Waals surface area contributed by atoms with Gasteiger partial charge in [0, 0.05) is 0 Å². The molecule has 0 atom stereocenters. The van der Waals surface area contributed by atoms with E-state index in [-0.39, 0.29) is 11.9 Å². The van der Waals surface area contributed by atoms with E-state index < -0.39 is 0 Å². The van der Waals surface area contributed by atoms with Gasteiger partial charge in [0.05, 0.1) is 12.5 Å². The summed E-state index contributed by atoms with van der Waals surface area (Å²) in [6.45, 7) is 7.00. The summed E-state index contributed by atoms with van der Waals surface area (Å²) >= 11 is 0. The Bertz CT molecular complexity index is 149. The lowest BCUT2D eigenvalue weighted by Crippen LogP contribution is -2.18. The fraction of sp³-hybridized carbons (Fsp3) is 0.923. The Labute approximate surface area is 94.4 Å². The molecule has 0 N–H and O–H groups in total. The van der Waals surface area contributed by atoms with E-state index in [4.69, 9.17) is 4.74 Å². The zero-order valence-electron chi connectivity index (χ0n) is 10.6. The molecule has 0 fully saturated rings. The summed E-state index contributed by atoms with van der Waals surface area (Å²) in [6, 6.07) is 0. The van der Waals surface area contributed by atoms with Crippen LogP contribution < -0.4 is 0 Å². The number of ether oxygens (including phenoxy) is 1. The van der Waals surface area contributed by atoms with Gasteiger partial charge < -0.3 is 4.74 Å². The molecule has 0 aromatic carbocycles. The number of rotatable bonds is 9. The van der Waals surface area contributed by atoms with Crippen molar-refractivity contribution in [2.45, 2.75) is 65.7 Å². The smallest absolute Gasteiger partial charge is 0.308 e. The standard InChI is InChI=1S/C13H26O2/c1-4-7-8-11-15-13(14)12(9-5-2)10-6-3/h12H,4-11H2,1-3H3. The molecule has 0 unspecified atom stereocenters. The molecule has 0 amide bonds. The zero-order valence-corrected chi connectivity index (χ0v) is 10.6. The molecule has 0 saturated heterocycles. The van der Waals surface area contributed by atoms with E-state index in [0.29, 0.717) is 6.61 Å². The Hall–Kier alpha value is -0.530. The van der Waals surface area contributed by atoms with E-state index in [2.05, 4.69) is 20.8 Å². The molecular weight excluding hydrogens is 188 g/mol. The van der Waals surface area contributed by atoms with Crippen molar-refractivity contribution in [2.75, 3.05) is 6.61 Å². The van der Waals surface area contributed by atoms with Crippen molar-refractivity contribution < 1.29 is 9.53 Å². The van der Waals surface area contributed by atoms with Gasteiger partial charge in [-0.25, -0.2) is 0 Å². The van der Waals surface area contributed by atoms with E-state index in [9.17, 15) is 4.79 Å². The lowest BCUT2D eigenvalue weighted by atomic mass is 9.99. The van der Waals surface area contributed by atoms with Crippen LogP contribution in [0.5, 0.6) is 0 Å². The molecule has 0 aromatic heterocycles. The first-order valence-corrected chi connectivity index (χ1v) is 6.42. The molecule has 15 heavy (non-hydrogen) atoms. The van der Waals surface area contributed by atoms with E-state index in [1.165, 1.54) is 6.42 Å². The molecular formula is C13H26O2. The molecule has 0 rings (SSSR count). The maximum absolute atomic E-state index is 11.7. The maximum Gasteiger partial charge on any atom is 0.308 e. The van der Waals surface area contributed by atoms with Crippen LogP contribution >= 0.6 is 0 Å². The number of unbranched alkanes of at least 4 members (excludes halogenated alkanes) is 2. The fourth-order valence-corrected chi connectivity index (χ4v) is 1.72. The summed E-state index contributed by atoms with van der Waals surface area (Å²) in [7, 11) is 0. The third kappa shape index (κ3) is 7.40. The first-order chi connectivity index (χ1) is 7.26. The Morgan fingerprint density at radius 2 is 1.60 bits per heavy atom. The van der Waals surface area contributed by atoms with Crippen molar-refractivity contribution >= 4 is 5.97 Å². The Morgan fingerprint density at radius 3 is 2.07 bits per heavy atom. The molecule has 0 aromatic rings. The molecule has 90 valence electrons. The van der Waals surface area contributed by atoms with Crippen molar-refractivity contribution in [1.29, 1.82) is 0 Å². The van der Waals surface area contributed by atoms with Gasteiger partial charge in [-0.1, -0.05) is 46.5 Å². The topological polar surface area (TPSA) is 26.3 Å². The predicted molar refractivity (Wildman–Crippen MR) is 63.8 cm³/mol. The minimum absolute atomic E-state index is 0.0230. The van der Waals surface area contributed by atoms with Crippen molar-refractivity contribution in [3.8, 4) is 0 Å². The van der Waals surface area contributed by atoms with Gasteiger partial charge in [-0.15, -0.1) is 0 Å². The van der Waals surface area contributed by atoms with Crippen LogP contribution in [0.25, 0.3) is 0 Å². The minimum atomic E-state index is 0.0230. The number of carbonyl (C=O) groups excluding carboxylic acids is 1. The van der Waals surface area contributed by atoms with Crippen molar-refractivity contribution in [1.82, 2.24) is 0 Å². The molecule has 2 heteroatoms. The monoisotopic (exact) mass is 214 g/mol. The van der Waals surface area contributed by atoms with Gasteiger partial charge in [0.1, 0.15) is 0 Å². The van der Waals surface area contributed by atoms with Crippen LogP contribution in [-0.4, -0.2) is 12.6 Å². The number of carbonyl (C=O) groups is 1. The van der Waals surface area contributed by atoms with Gasteiger partial charge in [-0.3, -0.25) is 4.79 Å². The molecule has 0 spiro atoms. The van der Waals surface area contributed by atoms with Gasteiger partial charge >= 0.3 is 5.97 Å². The molecule has 0 saturated carbocycles. The van der Waals surface area contributed by atoms with E-state index in [1.54, 1.807) is 0 Å². The largest absolute Gasteiger partial charge is 0.465 e. The SMILES string of the molecule is CCCCCOC(=O)C(CCC)CCC. The average Bonchev–Trinajstić information content (AvgIpc) is 2.24. The molecule has 0 radical (unpaired) electrons. The zero-order chi connectivity index (χ0) is 11.5. The van der Waals surface area contributed by atoms with Crippen LogP contribution in [0.4, 0.5) is 0 Å². The van der Waals surface area contributed by atoms with Crippen molar-refractivity contribution in [3.63, 3.8) is 0 Å². The van der Waals surface area contributed by atoms with Crippen LogP contribution in [0.2, 0.25) is 0 Å². The lowest BCUT2D eigenvalue weighted by molar-refractivity contribution is -0.149. The number of hydrogen-bond donors (Lipinski definition) is 0. The number of esters is 1. The summed E-state index contributed by atoms with van der Waals surface area (Å²) in [5, 5.41) is 0. The Kier molecular flexibility index (Phi) is 9.65. The highest BCUT2D eigenvalue weighted by atomic mass is 16.5. The van der Waals surface area contributed by atoms with Gasteiger partial charge in [0.15, 0.2) is 0 Å². The summed E-state index contributed by atoms with van der Waals surface area (Å²) in [6.07, 6.45) is 7.40. The second-order valence-corrected chi connectivity index (χ2v) is 4.15. The summed E-state index contributed by atoms with van der Waals surface area (Å²) in [5.74, 6) is 0.163. The van der Waals surface area contributed by atoms with Crippen LogP contribution in [-0.2, 0) is 9.53 Å². The van der Waals surface area contributed by atoms with Gasteiger partial charge in [0.25, 0.3) is 0 Å². The van der Waals surface area contributed by atoms with E-state index in [1.807, 2.05) is 0 Å². The summed E-state index contributed by atoms with van der Waals surface area (Å²) in [4.78, 5) is 11.7. The van der Waals surface area contributed by atoms with Crippen LogP contribution in [0.15, 0.2) is 0 Å². The molecule has 0 aliphatic rings.